The van der Waals surface area contributed by atoms with E-state index in [0.29, 0.717) is 24.0 Å². The van der Waals surface area contributed by atoms with Gasteiger partial charge in [0.05, 0.1) is 9.85 Å². The predicted molar refractivity (Wildman–Crippen MR) is 105 cm³/mol. The highest BCUT2D eigenvalue weighted by atomic mass is 16.6. The molecule has 156 valence electrons. The average Bonchev–Trinajstić information content (AvgIpc) is 2.72. The first-order chi connectivity index (χ1) is 14.2. The van der Waals surface area contributed by atoms with Gasteiger partial charge in [-0.3, -0.25) is 20.2 Å². The highest BCUT2D eigenvalue weighted by Crippen LogP contribution is 2.26. The maximum atomic E-state index is 12.0. The standard InChI is InChI=1S/C20H18N2O8/c1-3-13-11-15(21(25)26)5-7-17(13)29-19(23)9-10-20(24)30-18-8-6-16(22(27)28)12-14(18)4-2/h5-12H,3-4H2,1-2H3/b10-9+. The fraction of sp³-hybridized carbons (Fsp3) is 0.200. The molecule has 2 aromatic rings. The van der Waals surface area contributed by atoms with E-state index >= 15 is 0 Å². The van der Waals surface area contributed by atoms with Crippen LogP contribution in [0.2, 0.25) is 0 Å². The van der Waals surface area contributed by atoms with Crippen LogP contribution in [-0.4, -0.2) is 21.8 Å². The highest BCUT2D eigenvalue weighted by Gasteiger charge is 2.14. The van der Waals surface area contributed by atoms with Gasteiger partial charge in [0.15, 0.2) is 0 Å². The molecule has 0 fully saturated rings. The highest BCUT2D eigenvalue weighted by molar-refractivity contribution is 5.93. The van der Waals surface area contributed by atoms with E-state index in [-0.39, 0.29) is 22.9 Å². The number of nitro benzene ring substituents is 2. The first-order valence-electron chi connectivity index (χ1n) is 8.91. The summed E-state index contributed by atoms with van der Waals surface area (Å²) in [5, 5.41) is 21.7. The molecule has 0 aliphatic heterocycles. The molecule has 0 heterocycles. The van der Waals surface area contributed by atoms with Gasteiger partial charge >= 0.3 is 11.9 Å². The van der Waals surface area contributed by atoms with Gasteiger partial charge in [-0.2, -0.15) is 0 Å². The molecule has 30 heavy (non-hydrogen) atoms. The van der Waals surface area contributed by atoms with Crippen molar-refractivity contribution in [1.29, 1.82) is 0 Å². The summed E-state index contributed by atoms with van der Waals surface area (Å²) in [7, 11) is 0. The van der Waals surface area contributed by atoms with E-state index < -0.39 is 21.8 Å². The van der Waals surface area contributed by atoms with Crippen LogP contribution in [0.4, 0.5) is 11.4 Å². The van der Waals surface area contributed by atoms with Gasteiger partial charge in [0.25, 0.3) is 11.4 Å². The van der Waals surface area contributed by atoms with Gasteiger partial charge in [-0.15, -0.1) is 0 Å². The molecule has 0 N–H and O–H groups in total. The third kappa shape index (κ3) is 5.71. The van der Waals surface area contributed by atoms with Gasteiger partial charge in [-0.25, -0.2) is 9.59 Å². The van der Waals surface area contributed by atoms with Crippen molar-refractivity contribution in [2.45, 2.75) is 26.7 Å². The Bertz CT molecular complexity index is 948. The number of carbonyl (C=O) groups excluding carboxylic acids is 2. The molecular weight excluding hydrogens is 396 g/mol. The van der Waals surface area contributed by atoms with Gasteiger partial charge in [0.1, 0.15) is 11.5 Å². The Morgan fingerprint density at radius 2 is 1.17 bits per heavy atom. The number of benzene rings is 2. The predicted octanol–water partition coefficient (Wildman–Crippen LogP) is 3.70. The molecule has 0 saturated carbocycles. The fourth-order valence-electron chi connectivity index (χ4n) is 2.53. The number of rotatable bonds is 8. The normalized spacial score (nSPS) is 10.6. The third-order valence-electron chi connectivity index (χ3n) is 4.05. The molecule has 0 aromatic heterocycles. The van der Waals surface area contributed by atoms with Gasteiger partial charge in [0.2, 0.25) is 0 Å². The van der Waals surface area contributed by atoms with Crippen LogP contribution in [0, 0.1) is 20.2 Å². The van der Waals surface area contributed by atoms with E-state index in [1.165, 1.54) is 36.4 Å². The van der Waals surface area contributed by atoms with Crippen LogP contribution >= 0.6 is 0 Å². The van der Waals surface area contributed by atoms with E-state index in [1.54, 1.807) is 13.8 Å². The summed E-state index contributed by atoms with van der Waals surface area (Å²) in [5.41, 5.74) is 0.681. The Labute approximate surface area is 171 Å². The summed E-state index contributed by atoms with van der Waals surface area (Å²) in [6.45, 7) is 3.50. The van der Waals surface area contributed by atoms with Crippen LogP contribution in [0.25, 0.3) is 0 Å². The number of nitro groups is 2. The monoisotopic (exact) mass is 414 g/mol. The fourth-order valence-corrected chi connectivity index (χ4v) is 2.53. The Kier molecular flexibility index (Phi) is 7.34. The lowest BCUT2D eigenvalue weighted by molar-refractivity contribution is -0.385. The molecule has 2 rings (SSSR count). The van der Waals surface area contributed by atoms with E-state index in [0.717, 1.165) is 12.2 Å². The van der Waals surface area contributed by atoms with Gasteiger partial charge in [-0.05, 0) is 25.0 Å². The van der Waals surface area contributed by atoms with Crippen molar-refractivity contribution in [3.63, 3.8) is 0 Å². The average molecular weight is 414 g/mol. The topological polar surface area (TPSA) is 139 Å². The number of esters is 2. The van der Waals surface area contributed by atoms with E-state index in [4.69, 9.17) is 9.47 Å². The number of hydrogen-bond acceptors (Lipinski definition) is 8. The summed E-state index contributed by atoms with van der Waals surface area (Å²) in [6.07, 6.45) is 2.52. The zero-order valence-electron chi connectivity index (χ0n) is 16.2. The van der Waals surface area contributed by atoms with Crippen molar-refractivity contribution >= 4 is 23.3 Å². The first-order valence-corrected chi connectivity index (χ1v) is 8.91. The minimum absolute atomic E-state index is 0.124. The molecule has 0 amide bonds. The summed E-state index contributed by atoms with van der Waals surface area (Å²) in [6, 6.07) is 7.65. The molecule has 2 aromatic carbocycles. The quantitative estimate of drug-likeness (QED) is 0.209. The van der Waals surface area contributed by atoms with Crippen LogP contribution < -0.4 is 9.47 Å². The number of nitrogens with zero attached hydrogens (tertiary/aromatic N) is 2. The largest absolute Gasteiger partial charge is 0.423 e. The van der Waals surface area contributed by atoms with Gasteiger partial charge in [-0.1, -0.05) is 13.8 Å². The van der Waals surface area contributed by atoms with Crippen molar-refractivity contribution in [2.75, 3.05) is 0 Å². The summed E-state index contributed by atoms with van der Waals surface area (Å²) in [4.78, 5) is 44.5. The van der Waals surface area contributed by atoms with Gasteiger partial charge in [0, 0.05) is 47.5 Å². The lowest BCUT2D eigenvalue weighted by Gasteiger charge is -2.08. The molecule has 0 bridgehead atoms. The van der Waals surface area contributed by atoms with Crippen LogP contribution in [0.5, 0.6) is 11.5 Å². The zero-order chi connectivity index (χ0) is 22.3. The summed E-state index contributed by atoms with van der Waals surface area (Å²) in [5.74, 6) is -1.44. The second-order valence-electron chi connectivity index (χ2n) is 5.98. The van der Waals surface area contributed by atoms with Gasteiger partial charge < -0.3 is 9.47 Å². The maximum absolute atomic E-state index is 12.0. The Morgan fingerprint density at radius 1 is 0.800 bits per heavy atom. The van der Waals surface area contributed by atoms with E-state index in [1.807, 2.05) is 0 Å². The lowest BCUT2D eigenvalue weighted by Crippen LogP contribution is -2.10. The molecule has 10 heteroatoms. The molecule has 10 nitrogen and oxygen atoms in total. The SMILES string of the molecule is CCc1cc([N+](=O)[O-])ccc1OC(=O)/C=C/C(=O)Oc1ccc([N+](=O)[O-])cc1CC. The number of ether oxygens (including phenoxy) is 2. The number of aryl methyl sites for hydroxylation is 2. The molecule has 0 saturated heterocycles. The Balaban J connectivity index is 2.06. The van der Waals surface area contributed by atoms with Crippen molar-refractivity contribution in [3.8, 4) is 11.5 Å². The number of non-ortho nitro benzene ring substituents is 2. The summed E-state index contributed by atoms with van der Waals surface area (Å²) >= 11 is 0. The number of hydrogen-bond donors (Lipinski definition) is 0. The van der Waals surface area contributed by atoms with Crippen LogP contribution in [0.1, 0.15) is 25.0 Å². The molecule has 0 aliphatic carbocycles. The van der Waals surface area contributed by atoms with Crippen LogP contribution in [0.3, 0.4) is 0 Å². The second kappa shape index (κ2) is 9.92. The minimum atomic E-state index is -0.866. The van der Waals surface area contributed by atoms with Crippen molar-refractivity contribution < 1.29 is 28.9 Å². The van der Waals surface area contributed by atoms with E-state index in [9.17, 15) is 29.8 Å². The Morgan fingerprint density at radius 3 is 1.47 bits per heavy atom. The van der Waals surface area contributed by atoms with Crippen LogP contribution in [-0.2, 0) is 22.4 Å². The smallest absolute Gasteiger partial charge is 0.336 e. The lowest BCUT2D eigenvalue weighted by atomic mass is 10.1. The second-order valence-corrected chi connectivity index (χ2v) is 5.98. The third-order valence-corrected chi connectivity index (χ3v) is 4.05. The molecule has 0 radical (unpaired) electrons. The maximum Gasteiger partial charge on any atom is 0.336 e. The molecular formula is C20H18N2O8. The number of carbonyl (C=O) groups is 2. The van der Waals surface area contributed by atoms with Crippen molar-refractivity contribution in [1.82, 2.24) is 0 Å². The molecule has 0 spiro atoms. The molecule has 0 atom stereocenters. The zero-order valence-corrected chi connectivity index (χ0v) is 16.2. The first kappa shape index (κ1) is 22.2. The molecule has 0 aliphatic rings. The molecule has 0 unspecified atom stereocenters. The Hall–Kier alpha value is -4.08. The van der Waals surface area contributed by atoms with Crippen molar-refractivity contribution in [3.05, 3.63) is 79.9 Å². The van der Waals surface area contributed by atoms with Crippen molar-refractivity contribution in [2.24, 2.45) is 0 Å². The van der Waals surface area contributed by atoms with E-state index in [2.05, 4.69) is 0 Å². The van der Waals surface area contributed by atoms with Crippen LogP contribution in [0.15, 0.2) is 48.6 Å². The minimum Gasteiger partial charge on any atom is -0.423 e. The summed E-state index contributed by atoms with van der Waals surface area (Å²) < 4.78 is 10.3.